The van der Waals surface area contributed by atoms with Crippen molar-refractivity contribution in [2.45, 2.75) is 18.9 Å². The third-order valence-corrected chi connectivity index (χ3v) is 4.22. The molecule has 5 heteroatoms. The van der Waals surface area contributed by atoms with E-state index in [1.807, 2.05) is 18.2 Å². The highest BCUT2D eigenvalue weighted by Crippen LogP contribution is 2.19. The van der Waals surface area contributed by atoms with Gasteiger partial charge in [-0.05, 0) is 25.0 Å². The van der Waals surface area contributed by atoms with Crippen LogP contribution in [0.25, 0.3) is 0 Å². The molecule has 0 aromatic heterocycles. The number of hydrogen-bond acceptors (Lipinski definition) is 3. The van der Waals surface area contributed by atoms with Crippen LogP contribution in [0.4, 0.5) is 10.5 Å². The molecule has 2 aliphatic rings. The Labute approximate surface area is 125 Å². The van der Waals surface area contributed by atoms with Gasteiger partial charge in [-0.3, -0.25) is 0 Å². The Kier molecular flexibility index (Phi) is 4.60. The number of rotatable bonds is 4. The van der Waals surface area contributed by atoms with Gasteiger partial charge in [-0.1, -0.05) is 18.2 Å². The minimum Gasteiger partial charge on any atom is -0.381 e. The third-order valence-electron chi connectivity index (χ3n) is 4.22. The summed E-state index contributed by atoms with van der Waals surface area (Å²) < 4.78 is 5.31. The maximum absolute atomic E-state index is 11.9. The molecule has 0 radical (unpaired) electrons. The molecule has 2 N–H and O–H groups in total. The lowest BCUT2D eigenvalue weighted by molar-refractivity contribution is 0.185. The van der Waals surface area contributed by atoms with E-state index in [0.717, 1.165) is 39.1 Å². The number of carbonyl (C=O) groups is 1. The number of anilines is 1. The van der Waals surface area contributed by atoms with Crippen LogP contribution in [0.1, 0.15) is 12.8 Å². The van der Waals surface area contributed by atoms with Crippen LogP contribution in [0.15, 0.2) is 30.3 Å². The lowest BCUT2D eigenvalue weighted by Crippen LogP contribution is -2.44. The molecule has 2 atom stereocenters. The van der Waals surface area contributed by atoms with Gasteiger partial charge in [-0.25, -0.2) is 4.79 Å². The van der Waals surface area contributed by atoms with E-state index in [2.05, 4.69) is 27.7 Å². The lowest BCUT2D eigenvalue weighted by Gasteiger charge is -2.19. The van der Waals surface area contributed by atoms with E-state index in [-0.39, 0.29) is 12.1 Å². The minimum atomic E-state index is -0.0539. The summed E-state index contributed by atoms with van der Waals surface area (Å²) in [6, 6.07) is 10.5. The van der Waals surface area contributed by atoms with Gasteiger partial charge in [-0.2, -0.15) is 0 Å². The molecule has 0 unspecified atom stereocenters. The number of ether oxygens (including phenoxy) is 1. The monoisotopic (exact) mass is 289 g/mol. The summed E-state index contributed by atoms with van der Waals surface area (Å²) in [4.78, 5) is 14.2. The Balaban J connectivity index is 1.41. The summed E-state index contributed by atoms with van der Waals surface area (Å²) in [6.07, 6.45) is 2.04. The molecule has 0 saturated carbocycles. The fraction of sp³-hybridized carbons (Fsp3) is 0.562. The van der Waals surface area contributed by atoms with Gasteiger partial charge in [0.1, 0.15) is 0 Å². The highest BCUT2D eigenvalue weighted by Gasteiger charge is 2.24. The predicted molar refractivity (Wildman–Crippen MR) is 82.5 cm³/mol. The Bertz CT molecular complexity index is 460. The maximum atomic E-state index is 11.9. The van der Waals surface area contributed by atoms with E-state index in [1.165, 1.54) is 5.69 Å². The van der Waals surface area contributed by atoms with Crippen molar-refractivity contribution in [3.05, 3.63) is 30.3 Å². The zero-order chi connectivity index (χ0) is 14.5. The molecular formula is C16H23N3O2. The summed E-state index contributed by atoms with van der Waals surface area (Å²) in [7, 11) is 0. The van der Waals surface area contributed by atoms with Crippen molar-refractivity contribution in [2.75, 3.05) is 37.7 Å². The molecule has 5 nitrogen and oxygen atoms in total. The molecule has 2 fully saturated rings. The first-order chi connectivity index (χ1) is 10.3. The SMILES string of the molecule is O=C(NC[C@@H]1CCOC1)N[C@@H]1CCN(c2ccccc2)C1. The van der Waals surface area contributed by atoms with Gasteiger partial charge in [0.2, 0.25) is 0 Å². The second kappa shape index (κ2) is 6.80. The summed E-state index contributed by atoms with van der Waals surface area (Å²) in [5, 5.41) is 6.03. The van der Waals surface area contributed by atoms with E-state index in [1.54, 1.807) is 0 Å². The van der Waals surface area contributed by atoms with Crippen LogP contribution in [0.2, 0.25) is 0 Å². The molecule has 2 saturated heterocycles. The summed E-state index contributed by atoms with van der Waals surface area (Å²) in [5.41, 5.74) is 1.23. The van der Waals surface area contributed by atoms with Crippen LogP contribution in [-0.2, 0) is 4.74 Å². The number of nitrogens with zero attached hydrogens (tertiary/aromatic N) is 1. The topological polar surface area (TPSA) is 53.6 Å². The largest absolute Gasteiger partial charge is 0.381 e. The van der Waals surface area contributed by atoms with Crippen molar-refractivity contribution < 1.29 is 9.53 Å². The van der Waals surface area contributed by atoms with E-state index >= 15 is 0 Å². The van der Waals surface area contributed by atoms with Crippen molar-refractivity contribution >= 4 is 11.7 Å². The zero-order valence-corrected chi connectivity index (χ0v) is 12.3. The van der Waals surface area contributed by atoms with Crippen LogP contribution in [0.5, 0.6) is 0 Å². The Morgan fingerprint density at radius 3 is 2.90 bits per heavy atom. The normalized spacial score (nSPS) is 25.0. The summed E-state index contributed by atoms with van der Waals surface area (Å²) >= 11 is 0. The van der Waals surface area contributed by atoms with Gasteiger partial charge in [-0.15, -0.1) is 0 Å². The van der Waals surface area contributed by atoms with Crippen LogP contribution in [-0.4, -0.2) is 44.9 Å². The van der Waals surface area contributed by atoms with Crippen LogP contribution in [0.3, 0.4) is 0 Å². The van der Waals surface area contributed by atoms with Crippen molar-refractivity contribution in [1.29, 1.82) is 0 Å². The van der Waals surface area contributed by atoms with Crippen molar-refractivity contribution in [3.63, 3.8) is 0 Å². The average Bonchev–Trinajstić information content (AvgIpc) is 3.17. The summed E-state index contributed by atoms with van der Waals surface area (Å²) in [5.74, 6) is 0.472. The standard InChI is InChI=1S/C16H23N3O2/c20-16(17-10-13-7-9-21-12-13)18-14-6-8-19(11-14)15-4-2-1-3-5-15/h1-5,13-14H,6-12H2,(H2,17,18,20)/t13-,14+/m0/s1. The molecule has 2 heterocycles. The van der Waals surface area contributed by atoms with E-state index in [4.69, 9.17) is 4.74 Å². The third kappa shape index (κ3) is 3.88. The Morgan fingerprint density at radius 2 is 2.14 bits per heavy atom. The first kappa shape index (κ1) is 14.2. The Hall–Kier alpha value is -1.75. The number of hydrogen-bond donors (Lipinski definition) is 2. The van der Waals surface area contributed by atoms with Crippen molar-refractivity contribution in [1.82, 2.24) is 10.6 Å². The molecule has 2 amide bonds. The number of benzene rings is 1. The van der Waals surface area contributed by atoms with Gasteiger partial charge in [0, 0.05) is 43.9 Å². The fourth-order valence-electron chi connectivity index (χ4n) is 2.97. The number of para-hydroxylation sites is 1. The van der Waals surface area contributed by atoms with E-state index in [0.29, 0.717) is 12.5 Å². The van der Waals surface area contributed by atoms with Crippen LogP contribution < -0.4 is 15.5 Å². The zero-order valence-electron chi connectivity index (χ0n) is 12.3. The minimum absolute atomic E-state index is 0.0539. The number of urea groups is 1. The molecule has 0 aliphatic carbocycles. The molecule has 21 heavy (non-hydrogen) atoms. The summed E-state index contributed by atoms with van der Waals surface area (Å²) in [6.45, 7) is 4.17. The molecule has 1 aromatic rings. The number of amides is 2. The fourth-order valence-corrected chi connectivity index (χ4v) is 2.97. The molecule has 0 bridgehead atoms. The molecule has 114 valence electrons. The van der Waals surface area contributed by atoms with Gasteiger partial charge in [0.15, 0.2) is 0 Å². The molecule has 0 spiro atoms. The lowest BCUT2D eigenvalue weighted by atomic mass is 10.1. The second-order valence-corrected chi connectivity index (χ2v) is 5.85. The molecule has 2 aliphatic heterocycles. The Morgan fingerprint density at radius 1 is 1.29 bits per heavy atom. The average molecular weight is 289 g/mol. The van der Waals surface area contributed by atoms with E-state index < -0.39 is 0 Å². The number of carbonyl (C=O) groups excluding carboxylic acids is 1. The first-order valence-electron chi connectivity index (χ1n) is 7.73. The predicted octanol–water partition coefficient (Wildman–Crippen LogP) is 1.60. The molecule has 3 rings (SSSR count). The second-order valence-electron chi connectivity index (χ2n) is 5.85. The van der Waals surface area contributed by atoms with Crippen LogP contribution >= 0.6 is 0 Å². The molecular weight excluding hydrogens is 266 g/mol. The first-order valence-corrected chi connectivity index (χ1v) is 7.73. The maximum Gasteiger partial charge on any atom is 0.315 e. The van der Waals surface area contributed by atoms with Crippen molar-refractivity contribution in [2.24, 2.45) is 5.92 Å². The highest BCUT2D eigenvalue weighted by atomic mass is 16.5. The van der Waals surface area contributed by atoms with Gasteiger partial charge >= 0.3 is 6.03 Å². The quantitative estimate of drug-likeness (QED) is 0.885. The van der Waals surface area contributed by atoms with Gasteiger partial charge in [0.25, 0.3) is 0 Å². The van der Waals surface area contributed by atoms with Crippen molar-refractivity contribution in [3.8, 4) is 0 Å². The number of nitrogens with one attached hydrogen (secondary N) is 2. The smallest absolute Gasteiger partial charge is 0.315 e. The highest BCUT2D eigenvalue weighted by molar-refractivity contribution is 5.74. The van der Waals surface area contributed by atoms with Crippen LogP contribution in [0, 0.1) is 5.92 Å². The van der Waals surface area contributed by atoms with E-state index in [9.17, 15) is 4.79 Å². The van der Waals surface area contributed by atoms with Gasteiger partial charge in [0.05, 0.1) is 6.61 Å². The van der Waals surface area contributed by atoms with Gasteiger partial charge < -0.3 is 20.3 Å². The molecule has 1 aromatic carbocycles.